The van der Waals surface area contributed by atoms with E-state index in [0.717, 1.165) is 19.3 Å². The van der Waals surface area contributed by atoms with Crippen LogP contribution in [0.25, 0.3) is 10.9 Å². The van der Waals surface area contributed by atoms with Gasteiger partial charge in [-0.1, -0.05) is 6.07 Å². The molecular weight excluding hydrogens is 296 g/mol. The van der Waals surface area contributed by atoms with Gasteiger partial charge in [-0.05, 0) is 31.4 Å². The monoisotopic (exact) mass is 314 g/mol. The second-order valence-electron chi connectivity index (χ2n) is 5.66. The molecule has 2 heterocycles. The zero-order valence-electron chi connectivity index (χ0n) is 12.9. The smallest absolute Gasteiger partial charge is 0.308 e. The minimum absolute atomic E-state index is 0.243. The molecule has 0 saturated carbocycles. The van der Waals surface area contributed by atoms with Gasteiger partial charge in [-0.15, -0.1) is 0 Å². The number of rotatable bonds is 3. The van der Waals surface area contributed by atoms with Crippen molar-refractivity contribution in [1.82, 2.24) is 9.88 Å². The first-order valence-electron chi connectivity index (χ1n) is 7.70. The highest BCUT2D eigenvalue weighted by atomic mass is 16.5. The van der Waals surface area contributed by atoms with Gasteiger partial charge in [0.05, 0.1) is 10.9 Å². The molecule has 1 aromatic carbocycles. The van der Waals surface area contributed by atoms with Crippen LogP contribution >= 0.6 is 0 Å². The molecule has 6 heteroatoms. The Balaban J connectivity index is 1.97. The van der Waals surface area contributed by atoms with Crippen molar-refractivity contribution in [2.75, 3.05) is 13.1 Å². The lowest BCUT2D eigenvalue weighted by Crippen LogP contribution is -2.40. The predicted molar refractivity (Wildman–Crippen MR) is 84.4 cm³/mol. The largest absolute Gasteiger partial charge is 0.426 e. The minimum atomic E-state index is -0.572. The lowest BCUT2D eigenvalue weighted by Gasteiger charge is -2.25. The third-order valence-electron chi connectivity index (χ3n) is 4.00. The Hall–Kier alpha value is -2.63. The SMILES string of the molecule is CC(=O)Oc1cccc2[nH]cc(C(=O)C(=O)N3CCCCC3)c12. The molecule has 0 radical (unpaired) electrons. The highest BCUT2D eigenvalue weighted by Gasteiger charge is 2.27. The van der Waals surface area contributed by atoms with Crippen molar-refractivity contribution >= 4 is 28.6 Å². The highest BCUT2D eigenvalue weighted by Crippen LogP contribution is 2.29. The molecule has 1 aliphatic rings. The summed E-state index contributed by atoms with van der Waals surface area (Å²) >= 11 is 0. The normalized spacial score (nSPS) is 14.7. The van der Waals surface area contributed by atoms with E-state index in [1.807, 2.05) is 0 Å². The maximum absolute atomic E-state index is 12.6. The molecule has 1 N–H and O–H groups in total. The van der Waals surface area contributed by atoms with Crippen LogP contribution in [-0.4, -0.2) is 40.6 Å². The molecule has 0 bridgehead atoms. The summed E-state index contributed by atoms with van der Waals surface area (Å²) in [5.74, 6) is -1.26. The van der Waals surface area contributed by atoms with Crippen molar-refractivity contribution in [3.8, 4) is 5.75 Å². The Labute approximate surface area is 133 Å². The number of aromatic nitrogens is 1. The molecule has 1 amide bonds. The van der Waals surface area contributed by atoms with Crippen LogP contribution in [-0.2, 0) is 9.59 Å². The summed E-state index contributed by atoms with van der Waals surface area (Å²) in [6.45, 7) is 2.53. The Morgan fingerprint density at radius 3 is 2.57 bits per heavy atom. The van der Waals surface area contributed by atoms with Crippen LogP contribution in [0.5, 0.6) is 5.75 Å². The van der Waals surface area contributed by atoms with Crippen LogP contribution in [0.2, 0.25) is 0 Å². The Kier molecular flexibility index (Phi) is 4.14. The zero-order valence-corrected chi connectivity index (χ0v) is 12.9. The van der Waals surface area contributed by atoms with Crippen molar-refractivity contribution in [3.63, 3.8) is 0 Å². The first-order valence-corrected chi connectivity index (χ1v) is 7.70. The molecule has 0 spiro atoms. The molecule has 120 valence electrons. The molecule has 2 aromatic rings. The third-order valence-corrected chi connectivity index (χ3v) is 4.00. The number of carbonyl (C=O) groups excluding carboxylic acids is 3. The molecular formula is C17H18N2O4. The van der Waals surface area contributed by atoms with E-state index in [1.165, 1.54) is 13.1 Å². The van der Waals surface area contributed by atoms with Crippen LogP contribution in [0, 0.1) is 0 Å². The van der Waals surface area contributed by atoms with Gasteiger partial charge < -0.3 is 14.6 Å². The van der Waals surface area contributed by atoms with E-state index >= 15 is 0 Å². The van der Waals surface area contributed by atoms with Gasteiger partial charge in [-0.3, -0.25) is 14.4 Å². The van der Waals surface area contributed by atoms with Gasteiger partial charge in [-0.25, -0.2) is 0 Å². The van der Waals surface area contributed by atoms with Crippen LogP contribution in [0.4, 0.5) is 0 Å². The summed E-state index contributed by atoms with van der Waals surface area (Å²) in [6, 6.07) is 5.10. The van der Waals surface area contributed by atoms with Crippen molar-refractivity contribution < 1.29 is 19.1 Å². The number of nitrogens with one attached hydrogen (secondary N) is 1. The van der Waals surface area contributed by atoms with Crippen LogP contribution < -0.4 is 4.74 Å². The van der Waals surface area contributed by atoms with Crippen molar-refractivity contribution in [2.45, 2.75) is 26.2 Å². The fourth-order valence-electron chi connectivity index (χ4n) is 2.93. The molecule has 1 saturated heterocycles. The number of esters is 1. The summed E-state index contributed by atoms with van der Waals surface area (Å²) in [6.07, 6.45) is 4.43. The number of aromatic amines is 1. The third kappa shape index (κ3) is 2.97. The maximum atomic E-state index is 12.6. The maximum Gasteiger partial charge on any atom is 0.308 e. The zero-order chi connectivity index (χ0) is 16.4. The number of ether oxygens (including phenoxy) is 1. The number of H-pyrrole nitrogens is 1. The second-order valence-corrected chi connectivity index (χ2v) is 5.66. The van der Waals surface area contributed by atoms with Gasteiger partial charge in [0.15, 0.2) is 0 Å². The van der Waals surface area contributed by atoms with E-state index in [1.54, 1.807) is 23.1 Å². The predicted octanol–water partition coefficient (Wildman–Crippen LogP) is 2.29. The van der Waals surface area contributed by atoms with Crippen molar-refractivity contribution in [1.29, 1.82) is 0 Å². The number of ketones is 1. The number of amides is 1. The van der Waals surface area contributed by atoms with Gasteiger partial charge in [0, 0.05) is 31.7 Å². The van der Waals surface area contributed by atoms with Gasteiger partial charge in [0.25, 0.3) is 11.7 Å². The highest BCUT2D eigenvalue weighted by molar-refractivity contribution is 6.45. The Bertz CT molecular complexity index is 772. The minimum Gasteiger partial charge on any atom is -0.426 e. The average Bonchev–Trinajstić information content (AvgIpc) is 2.99. The quantitative estimate of drug-likeness (QED) is 0.408. The molecule has 1 aliphatic heterocycles. The second kappa shape index (κ2) is 6.24. The Morgan fingerprint density at radius 2 is 1.87 bits per heavy atom. The fraction of sp³-hybridized carbons (Fsp3) is 0.353. The van der Waals surface area contributed by atoms with E-state index in [4.69, 9.17) is 4.74 Å². The average molecular weight is 314 g/mol. The molecule has 6 nitrogen and oxygen atoms in total. The first kappa shape index (κ1) is 15.3. The van der Waals surface area contributed by atoms with Crippen LogP contribution in [0.3, 0.4) is 0 Å². The number of hydrogen-bond donors (Lipinski definition) is 1. The van der Waals surface area contributed by atoms with E-state index < -0.39 is 17.7 Å². The number of likely N-dealkylation sites (tertiary alicyclic amines) is 1. The number of hydrogen-bond acceptors (Lipinski definition) is 4. The lowest BCUT2D eigenvalue weighted by atomic mass is 10.1. The number of nitrogens with zero attached hydrogens (tertiary/aromatic N) is 1. The topological polar surface area (TPSA) is 79.5 Å². The number of Topliss-reactive ketones (excluding diaryl/α,β-unsaturated/α-hetero) is 1. The summed E-state index contributed by atoms with van der Waals surface area (Å²) in [5.41, 5.74) is 0.894. The van der Waals surface area contributed by atoms with E-state index in [-0.39, 0.29) is 11.3 Å². The number of piperidine rings is 1. The summed E-state index contributed by atoms with van der Waals surface area (Å²) in [7, 11) is 0. The Morgan fingerprint density at radius 1 is 1.13 bits per heavy atom. The van der Waals surface area contributed by atoms with Gasteiger partial charge >= 0.3 is 5.97 Å². The number of benzene rings is 1. The van der Waals surface area contributed by atoms with Gasteiger partial charge in [0.2, 0.25) is 0 Å². The van der Waals surface area contributed by atoms with Gasteiger partial charge in [-0.2, -0.15) is 0 Å². The standard InChI is InChI=1S/C17H18N2O4/c1-11(20)23-14-7-5-6-13-15(14)12(10-18-13)16(21)17(22)19-8-3-2-4-9-19/h5-7,10,18H,2-4,8-9H2,1H3. The number of fused-ring (bicyclic) bond motifs is 1. The fourth-order valence-corrected chi connectivity index (χ4v) is 2.93. The molecule has 0 aliphatic carbocycles. The summed E-state index contributed by atoms with van der Waals surface area (Å²) in [4.78, 5) is 40.8. The molecule has 1 aromatic heterocycles. The summed E-state index contributed by atoms with van der Waals surface area (Å²) < 4.78 is 5.17. The molecule has 0 unspecified atom stereocenters. The van der Waals surface area contributed by atoms with Crippen molar-refractivity contribution in [2.24, 2.45) is 0 Å². The molecule has 3 rings (SSSR count). The molecule has 0 atom stereocenters. The summed E-state index contributed by atoms with van der Waals surface area (Å²) in [5, 5.41) is 0.470. The van der Waals surface area contributed by atoms with Crippen LogP contribution in [0.1, 0.15) is 36.5 Å². The first-order chi connectivity index (χ1) is 11.1. The van der Waals surface area contributed by atoms with Gasteiger partial charge in [0.1, 0.15) is 5.75 Å². The van der Waals surface area contributed by atoms with E-state index in [2.05, 4.69) is 4.98 Å². The van der Waals surface area contributed by atoms with E-state index in [0.29, 0.717) is 24.0 Å². The lowest BCUT2D eigenvalue weighted by molar-refractivity contribution is -0.131. The van der Waals surface area contributed by atoms with Crippen molar-refractivity contribution in [3.05, 3.63) is 30.0 Å². The molecule has 1 fully saturated rings. The number of carbonyl (C=O) groups is 3. The van der Waals surface area contributed by atoms with Crippen LogP contribution in [0.15, 0.2) is 24.4 Å². The molecule has 23 heavy (non-hydrogen) atoms. The van der Waals surface area contributed by atoms with E-state index in [9.17, 15) is 14.4 Å².